The summed E-state index contributed by atoms with van der Waals surface area (Å²) in [5.41, 5.74) is 0.344. The molecule has 0 aliphatic rings. The fourth-order valence-electron chi connectivity index (χ4n) is 1.20. The fourth-order valence-corrected chi connectivity index (χ4v) is 1.40. The number of rotatable bonds is 4. The Morgan fingerprint density at radius 1 is 1.73 bits per heavy atom. The molecule has 0 N–H and O–H groups in total. The molecule has 0 saturated carbocycles. The van der Waals surface area contributed by atoms with Crippen LogP contribution in [0.4, 0.5) is 0 Å². The van der Waals surface area contributed by atoms with Gasteiger partial charge in [0.2, 0.25) is 5.22 Å². The van der Waals surface area contributed by atoms with E-state index in [1.54, 1.807) is 4.90 Å². The average molecular weight is 227 g/mol. The molecule has 0 aliphatic carbocycles. The molecule has 0 aromatic carbocycles. The zero-order valence-electron chi connectivity index (χ0n) is 8.36. The van der Waals surface area contributed by atoms with Crippen LogP contribution in [-0.4, -0.2) is 23.9 Å². The first-order chi connectivity index (χ1) is 7.20. The first-order valence-corrected chi connectivity index (χ1v) is 4.97. The summed E-state index contributed by atoms with van der Waals surface area (Å²) in [6.07, 6.45) is 1.68. The first kappa shape index (κ1) is 11.6. The van der Waals surface area contributed by atoms with E-state index < -0.39 is 0 Å². The molecule has 1 aromatic rings. The lowest BCUT2D eigenvalue weighted by Crippen LogP contribution is -2.31. The molecule has 0 unspecified atom stereocenters. The van der Waals surface area contributed by atoms with Crippen molar-refractivity contribution in [1.82, 2.24) is 4.90 Å². The van der Waals surface area contributed by atoms with Crippen molar-refractivity contribution in [1.29, 1.82) is 5.26 Å². The van der Waals surface area contributed by atoms with Crippen molar-refractivity contribution >= 4 is 17.5 Å². The van der Waals surface area contributed by atoms with E-state index in [1.807, 2.05) is 13.0 Å². The number of nitriles is 1. The Morgan fingerprint density at radius 3 is 2.93 bits per heavy atom. The number of amides is 1. The fraction of sp³-hybridized carbons (Fsp3) is 0.400. The smallest absolute Gasteiger partial charge is 0.258 e. The van der Waals surface area contributed by atoms with E-state index in [1.165, 1.54) is 12.3 Å². The molecule has 0 spiro atoms. The van der Waals surface area contributed by atoms with Crippen LogP contribution in [0.3, 0.4) is 0 Å². The third-order valence-electron chi connectivity index (χ3n) is 2.01. The van der Waals surface area contributed by atoms with Crippen LogP contribution in [-0.2, 0) is 0 Å². The molecule has 1 aromatic heterocycles. The third-order valence-corrected chi connectivity index (χ3v) is 2.30. The molecule has 0 bridgehead atoms. The highest BCUT2D eigenvalue weighted by Gasteiger charge is 2.18. The summed E-state index contributed by atoms with van der Waals surface area (Å²) in [5, 5.41) is 8.54. The minimum atomic E-state index is -0.202. The lowest BCUT2D eigenvalue weighted by Gasteiger charge is -2.18. The number of carbonyl (C=O) groups excluding carboxylic acids is 1. The maximum Gasteiger partial charge on any atom is 0.258 e. The summed E-state index contributed by atoms with van der Waals surface area (Å²) in [7, 11) is 0. The van der Waals surface area contributed by atoms with Gasteiger partial charge in [0.1, 0.15) is 0 Å². The predicted molar refractivity (Wildman–Crippen MR) is 55.5 cm³/mol. The van der Waals surface area contributed by atoms with E-state index in [0.717, 1.165) is 0 Å². The predicted octanol–water partition coefficient (Wildman–Crippen LogP) is 2.31. The van der Waals surface area contributed by atoms with Crippen molar-refractivity contribution in [2.45, 2.75) is 13.3 Å². The van der Waals surface area contributed by atoms with Crippen molar-refractivity contribution in [2.75, 3.05) is 13.1 Å². The van der Waals surface area contributed by atoms with Crippen molar-refractivity contribution in [3.05, 3.63) is 23.1 Å². The molecule has 1 amide bonds. The molecule has 80 valence electrons. The van der Waals surface area contributed by atoms with Gasteiger partial charge in [0.25, 0.3) is 5.91 Å². The second kappa shape index (κ2) is 5.42. The van der Waals surface area contributed by atoms with Gasteiger partial charge >= 0.3 is 0 Å². The van der Waals surface area contributed by atoms with Gasteiger partial charge in [-0.15, -0.1) is 0 Å². The van der Waals surface area contributed by atoms with Crippen molar-refractivity contribution in [3.8, 4) is 6.07 Å². The van der Waals surface area contributed by atoms with Crippen LogP contribution in [0.1, 0.15) is 23.7 Å². The zero-order chi connectivity index (χ0) is 11.3. The van der Waals surface area contributed by atoms with E-state index in [2.05, 4.69) is 0 Å². The van der Waals surface area contributed by atoms with Gasteiger partial charge in [0.15, 0.2) is 0 Å². The minimum Gasteiger partial charge on any atom is -0.452 e. The van der Waals surface area contributed by atoms with Gasteiger partial charge in [-0.3, -0.25) is 4.79 Å². The van der Waals surface area contributed by atoms with Crippen LogP contribution in [0.2, 0.25) is 5.22 Å². The number of carbonyl (C=O) groups is 1. The molecule has 0 saturated heterocycles. The SMILES string of the molecule is CCN(CCC#N)C(=O)c1ccoc1Cl. The van der Waals surface area contributed by atoms with Gasteiger partial charge in [-0.2, -0.15) is 5.26 Å². The Bertz CT molecular complexity index is 381. The summed E-state index contributed by atoms with van der Waals surface area (Å²) in [5.74, 6) is -0.202. The number of halogens is 1. The lowest BCUT2D eigenvalue weighted by atomic mass is 10.2. The van der Waals surface area contributed by atoms with Crippen LogP contribution in [0.25, 0.3) is 0 Å². The summed E-state index contributed by atoms with van der Waals surface area (Å²) in [4.78, 5) is 13.4. The van der Waals surface area contributed by atoms with Crippen molar-refractivity contribution in [3.63, 3.8) is 0 Å². The van der Waals surface area contributed by atoms with Gasteiger partial charge in [0.05, 0.1) is 24.3 Å². The molecular formula is C10H11ClN2O2. The maximum atomic E-state index is 11.8. The summed E-state index contributed by atoms with van der Waals surface area (Å²) < 4.78 is 4.84. The molecule has 15 heavy (non-hydrogen) atoms. The zero-order valence-corrected chi connectivity index (χ0v) is 9.12. The monoisotopic (exact) mass is 226 g/mol. The number of hydrogen-bond donors (Lipinski definition) is 0. The van der Waals surface area contributed by atoms with Crippen LogP contribution in [0, 0.1) is 11.3 Å². The molecular weight excluding hydrogens is 216 g/mol. The highest BCUT2D eigenvalue weighted by Crippen LogP contribution is 2.18. The molecule has 0 fully saturated rings. The van der Waals surface area contributed by atoms with Crippen molar-refractivity contribution in [2.24, 2.45) is 0 Å². The quantitative estimate of drug-likeness (QED) is 0.792. The largest absolute Gasteiger partial charge is 0.452 e. The molecule has 5 heteroatoms. The van der Waals surface area contributed by atoms with Crippen molar-refractivity contribution < 1.29 is 9.21 Å². The van der Waals surface area contributed by atoms with Crippen LogP contribution < -0.4 is 0 Å². The summed E-state index contributed by atoms with van der Waals surface area (Å²) >= 11 is 5.69. The summed E-state index contributed by atoms with van der Waals surface area (Å²) in [6.45, 7) is 2.80. The van der Waals surface area contributed by atoms with E-state index in [-0.39, 0.29) is 11.1 Å². The Kier molecular flexibility index (Phi) is 4.19. The van der Waals surface area contributed by atoms with Gasteiger partial charge in [-0.05, 0) is 24.6 Å². The van der Waals surface area contributed by atoms with E-state index in [0.29, 0.717) is 25.1 Å². The first-order valence-electron chi connectivity index (χ1n) is 4.60. The molecule has 1 heterocycles. The molecule has 0 radical (unpaired) electrons. The van der Waals surface area contributed by atoms with Gasteiger partial charge in [0, 0.05) is 13.1 Å². The lowest BCUT2D eigenvalue weighted by molar-refractivity contribution is 0.0767. The standard InChI is InChI=1S/C10H11ClN2O2/c1-2-13(6-3-5-12)10(14)8-4-7-15-9(8)11/h4,7H,2-3,6H2,1H3. The van der Waals surface area contributed by atoms with Gasteiger partial charge in [-0.1, -0.05) is 0 Å². The Balaban J connectivity index is 2.74. The van der Waals surface area contributed by atoms with Crippen LogP contribution >= 0.6 is 11.6 Å². The highest BCUT2D eigenvalue weighted by atomic mass is 35.5. The number of furan rings is 1. The average Bonchev–Trinajstić information content (AvgIpc) is 2.65. The topological polar surface area (TPSA) is 57.2 Å². The van der Waals surface area contributed by atoms with Crippen LogP contribution in [0.5, 0.6) is 0 Å². The minimum absolute atomic E-state index is 0.0930. The normalized spacial score (nSPS) is 9.67. The number of nitrogens with zero attached hydrogens (tertiary/aromatic N) is 2. The summed E-state index contributed by atoms with van der Waals surface area (Å²) in [6, 6.07) is 3.52. The van der Waals surface area contributed by atoms with Crippen LogP contribution in [0.15, 0.2) is 16.7 Å². The Hall–Kier alpha value is -1.47. The molecule has 4 nitrogen and oxygen atoms in total. The molecule has 0 aliphatic heterocycles. The molecule has 0 atom stereocenters. The Morgan fingerprint density at radius 2 is 2.47 bits per heavy atom. The van der Waals surface area contributed by atoms with Gasteiger partial charge < -0.3 is 9.32 Å². The Labute approximate surface area is 93.0 Å². The third kappa shape index (κ3) is 2.74. The second-order valence-corrected chi connectivity index (χ2v) is 3.24. The van der Waals surface area contributed by atoms with E-state index >= 15 is 0 Å². The van der Waals surface area contributed by atoms with Gasteiger partial charge in [-0.25, -0.2) is 0 Å². The highest BCUT2D eigenvalue weighted by molar-refractivity contribution is 6.32. The number of hydrogen-bond acceptors (Lipinski definition) is 3. The van der Waals surface area contributed by atoms with E-state index in [4.69, 9.17) is 21.3 Å². The second-order valence-electron chi connectivity index (χ2n) is 2.90. The van der Waals surface area contributed by atoms with E-state index in [9.17, 15) is 4.79 Å². The maximum absolute atomic E-state index is 11.8. The molecule has 1 rings (SSSR count).